The quantitative estimate of drug-likeness (QED) is 0.839. The number of sulfone groups is 1. The molecule has 1 N–H and O–H groups in total. The van der Waals surface area contributed by atoms with Crippen molar-refractivity contribution in [3.63, 3.8) is 0 Å². The molecular weight excluding hydrogens is 310 g/mol. The van der Waals surface area contributed by atoms with Crippen molar-refractivity contribution in [2.75, 3.05) is 18.2 Å². The average molecular weight is 333 g/mol. The average Bonchev–Trinajstić information content (AvgIpc) is 2.51. The van der Waals surface area contributed by atoms with Crippen LogP contribution >= 0.6 is 0 Å². The summed E-state index contributed by atoms with van der Waals surface area (Å²) in [5, 5.41) is 3.19. The molecule has 2 aromatic carbocycles. The van der Waals surface area contributed by atoms with E-state index in [2.05, 4.69) is 19.2 Å². The maximum absolute atomic E-state index is 11.8. The molecule has 124 valence electrons. The Kier molecular flexibility index (Phi) is 5.66. The summed E-state index contributed by atoms with van der Waals surface area (Å²) in [6.45, 7) is 5.42. The molecule has 0 fully saturated rings. The van der Waals surface area contributed by atoms with E-state index in [1.165, 1.54) is 6.26 Å². The minimum Gasteiger partial charge on any atom is -0.493 e. The predicted molar refractivity (Wildman–Crippen MR) is 93.7 cm³/mol. The minimum absolute atomic E-state index is 0.312. The third-order valence-corrected chi connectivity index (χ3v) is 4.41. The van der Waals surface area contributed by atoms with Gasteiger partial charge >= 0.3 is 0 Å². The molecule has 0 aliphatic carbocycles. The molecule has 0 bridgehead atoms. The van der Waals surface area contributed by atoms with Gasteiger partial charge in [0.25, 0.3) is 0 Å². The smallest absolute Gasteiger partial charge is 0.177 e. The Bertz CT molecular complexity index is 754. The van der Waals surface area contributed by atoms with Crippen LogP contribution in [0.15, 0.2) is 53.4 Å². The molecular formula is C18H23NO3S. The van der Waals surface area contributed by atoms with Crippen molar-refractivity contribution in [2.24, 2.45) is 5.92 Å². The molecule has 0 spiro atoms. The Labute approximate surface area is 138 Å². The van der Waals surface area contributed by atoms with Gasteiger partial charge in [-0.05, 0) is 35.7 Å². The van der Waals surface area contributed by atoms with E-state index in [0.29, 0.717) is 29.7 Å². The zero-order chi connectivity index (χ0) is 16.9. The Morgan fingerprint density at radius 2 is 1.83 bits per heavy atom. The van der Waals surface area contributed by atoms with Crippen LogP contribution in [0.4, 0.5) is 5.69 Å². The maximum atomic E-state index is 11.8. The number of ether oxygens (including phenoxy) is 1. The Morgan fingerprint density at radius 3 is 2.52 bits per heavy atom. The monoisotopic (exact) mass is 333 g/mol. The molecule has 0 heterocycles. The van der Waals surface area contributed by atoms with Gasteiger partial charge in [0.2, 0.25) is 0 Å². The Morgan fingerprint density at radius 1 is 1.09 bits per heavy atom. The van der Waals surface area contributed by atoms with Crippen LogP contribution in [0.3, 0.4) is 0 Å². The maximum Gasteiger partial charge on any atom is 0.177 e. The van der Waals surface area contributed by atoms with Crippen molar-refractivity contribution < 1.29 is 13.2 Å². The van der Waals surface area contributed by atoms with Gasteiger partial charge in [-0.3, -0.25) is 0 Å². The molecule has 0 unspecified atom stereocenters. The van der Waals surface area contributed by atoms with E-state index in [1.54, 1.807) is 18.2 Å². The third kappa shape index (κ3) is 5.28. The first-order valence-corrected chi connectivity index (χ1v) is 9.50. The highest BCUT2D eigenvalue weighted by Crippen LogP contribution is 2.22. The van der Waals surface area contributed by atoms with Crippen molar-refractivity contribution in [1.82, 2.24) is 0 Å². The first kappa shape index (κ1) is 17.3. The number of benzene rings is 2. The summed E-state index contributed by atoms with van der Waals surface area (Å²) in [4.78, 5) is 0.312. The first-order valence-electron chi connectivity index (χ1n) is 7.61. The molecule has 0 aliphatic heterocycles. The van der Waals surface area contributed by atoms with E-state index < -0.39 is 9.84 Å². The van der Waals surface area contributed by atoms with Gasteiger partial charge in [-0.25, -0.2) is 8.42 Å². The molecule has 4 nitrogen and oxygen atoms in total. The van der Waals surface area contributed by atoms with E-state index >= 15 is 0 Å². The molecule has 0 aliphatic rings. The van der Waals surface area contributed by atoms with Crippen molar-refractivity contribution in [1.29, 1.82) is 0 Å². The Hall–Kier alpha value is -2.01. The first-order chi connectivity index (χ1) is 10.9. The molecule has 0 radical (unpaired) electrons. The number of hydrogen-bond acceptors (Lipinski definition) is 4. The van der Waals surface area contributed by atoms with E-state index in [-0.39, 0.29) is 0 Å². The fourth-order valence-electron chi connectivity index (χ4n) is 2.14. The van der Waals surface area contributed by atoms with E-state index in [0.717, 1.165) is 11.3 Å². The van der Waals surface area contributed by atoms with E-state index in [4.69, 9.17) is 4.74 Å². The summed E-state index contributed by atoms with van der Waals surface area (Å²) in [5.74, 6) is 1.30. The van der Waals surface area contributed by atoms with Gasteiger partial charge in [0, 0.05) is 12.8 Å². The number of para-hydroxylation sites is 1. The van der Waals surface area contributed by atoms with E-state index in [9.17, 15) is 8.42 Å². The molecule has 0 aromatic heterocycles. The SMILES string of the molecule is CC(C)COc1cccc(CNc2ccccc2S(C)(=O)=O)c1. The molecule has 2 aromatic rings. The van der Waals surface area contributed by atoms with Crippen molar-refractivity contribution in [3.8, 4) is 5.75 Å². The standard InChI is InChI=1S/C18H23NO3S/c1-14(2)13-22-16-8-6-7-15(11-16)12-19-17-9-4-5-10-18(17)23(3,20)21/h4-11,14,19H,12-13H2,1-3H3. The lowest BCUT2D eigenvalue weighted by Gasteiger charge is -2.12. The highest BCUT2D eigenvalue weighted by atomic mass is 32.2. The molecule has 2 rings (SSSR count). The van der Waals surface area contributed by atoms with Crippen LogP contribution in [0.5, 0.6) is 5.75 Å². The molecule has 0 saturated carbocycles. The van der Waals surface area contributed by atoms with Gasteiger partial charge < -0.3 is 10.1 Å². The minimum atomic E-state index is -3.25. The van der Waals surface area contributed by atoms with Gasteiger partial charge in [-0.2, -0.15) is 0 Å². The topological polar surface area (TPSA) is 55.4 Å². The second-order valence-corrected chi connectivity index (χ2v) is 7.96. The van der Waals surface area contributed by atoms with Crippen molar-refractivity contribution >= 4 is 15.5 Å². The molecule has 23 heavy (non-hydrogen) atoms. The number of nitrogens with one attached hydrogen (secondary N) is 1. The largest absolute Gasteiger partial charge is 0.493 e. The summed E-state index contributed by atoms with van der Waals surface area (Å²) in [6, 6.07) is 14.7. The molecule has 0 atom stereocenters. The lowest BCUT2D eigenvalue weighted by atomic mass is 10.2. The lowest BCUT2D eigenvalue weighted by Crippen LogP contribution is -2.07. The van der Waals surface area contributed by atoms with Gasteiger partial charge in [0.15, 0.2) is 9.84 Å². The van der Waals surface area contributed by atoms with Crippen molar-refractivity contribution in [2.45, 2.75) is 25.3 Å². The second kappa shape index (κ2) is 7.51. The van der Waals surface area contributed by atoms with Gasteiger partial charge in [0.05, 0.1) is 17.2 Å². The summed E-state index contributed by atoms with van der Waals surface area (Å²) < 4.78 is 29.3. The summed E-state index contributed by atoms with van der Waals surface area (Å²) in [7, 11) is -3.25. The van der Waals surface area contributed by atoms with Gasteiger partial charge in [-0.1, -0.05) is 38.1 Å². The predicted octanol–water partition coefficient (Wildman–Crippen LogP) is 3.74. The number of rotatable bonds is 7. The van der Waals surface area contributed by atoms with Crippen LogP contribution < -0.4 is 10.1 Å². The van der Waals surface area contributed by atoms with Gasteiger partial charge in [-0.15, -0.1) is 0 Å². The zero-order valence-electron chi connectivity index (χ0n) is 13.7. The van der Waals surface area contributed by atoms with Gasteiger partial charge in [0.1, 0.15) is 5.75 Å². The molecule has 0 saturated heterocycles. The van der Waals surface area contributed by atoms with Crippen LogP contribution in [0.2, 0.25) is 0 Å². The van der Waals surface area contributed by atoms with Crippen LogP contribution in [0, 0.1) is 5.92 Å². The zero-order valence-corrected chi connectivity index (χ0v) is 14.6. The highest BCUT2D eigenvalue weighted by molar-refractivity contribution is 7.90. The molecule has 5 heteroatoms. The van der Waals surface area contributed by atoms with Crippen molar-refractivity contribution in [3.05, 3.63) is 54.1 Å². The normalized spacial score (nSPS) is 11.5. The van der Waals surface area contributed by atoms with Crippen LogP contribution in [-0.4, -0.2) is 21.3 Å². The highest BCUT2D eigenvalue weighted by Gasteiger charge is 2.12. The number of hydrogen-bond donors (Lipinski definition) is 1. The second-order valence-electron chi connectivity index (χ2n) is 5.97. The van der Waals surface area contributed by atoms with Crippen LogP contribution in [0.25, 0.3) is 0 Å². The summed E-state index contributed by atoms with van der Waals surface area (Å²) >= 11 is 0. The Balaban J connectivity index is 2.09. The summed E-state index contributed by atoms with van der Waals surface area (Å²) in [5.41, 5.74) is 1.65. The fraction of sp³-hybridized carbons (Fsp3) is 0.333. The van der Waals surface area contributed by atoms with Crippen LogP contribution in [0.1, 0.15) is 19.4 Å². The third-order valence-electron chi connectivity index (χ3n) is 3.25. The fourth-order valence-corrected chi connectivity index (χ4v) is 3.01. The summed E-state index contributed by atoms with van der Waals surface area (Å²) in [6.07, 6.45) is 1.22. The molecule has 0 amide bonds. The number of anilines is 1. The lowest BCUT2D eigenvalue weighted by molar-refractivity contribution is 0.271. The van der Waals surface area contributed by atoms with E-state index in [1.807, 2.05) is 30.3 Å². The van der Waals surface area contributed by atoms with Crippen LogP contribution in [-0.2, 0) is 16.4 Å².